The van der Waals surface area contributed by atoms with E-state index >= 15 is 0 Å². The van der Waals surface area contributed by atoms with Crippen LogP contribution in [0.4, 0.5) is 0 Å². The molecule has 1 aliphatic rings. The number of piperidine rings is 1. The van der Waals surface area contributed by atoms with Crippen LogP contribution in [0.1, 0.15) is 43.0 Å². The first-order valence-electron chi connectivity index (χ1n) is 10.8. The third-order valence-electron chi connectivity index (χ3n) is 6.47. The number of aryl methyl sites for hydroxylation is 3. The minimum Gasteiger partial charge on any atom is -0.343 e. The number of nitrogens with zero attached hydrogens (tertiary/aromatic N) is 4. The zero-order valence-corrected chi connectivity index (χ0v) is 18.3. The second kappa shape index (κ2) is 8.09. The van der Waals surface area contributed by atoms with Crippen LogP contribution < -0.4 is 5.56 Å². The highest BCUT2D eigenvalue weighted by molar-refractivity contribution is 5.85. The summed E-state index contributed by atoms with van der Waals surface area (Å²) in [7, 11) is 1.79. The number of likely N-dealkylation sites (tertiary alicyclic amines) is 1. The van der Waals surface area contributed by atoms with Crippen LogP contribution in [0.15, 0.2) is 35.1 Å². The van der Waals surface area contributed by atoms with Gasteiger partial charge in [-0.05, 0) is 56.7 Å². The first-order chi connectivity index (χ1) is 14.4. The fourth-order valence-corrected chi connectivity index (χ4v) is 4.57. The van der Waals surface area contributed by atoms with Crippen molar-refractivity contribution in [2.45, 2.75) is 46.5 Å². The van der Waals surface area contributed by atoms with Gasteiger partial charge < -0.3 is 4.90 Å². The summed E-state index contributed by atoms with van der Waals surface area (Å²) in [6, 6.07) is 9.86. The maximum absolute atomic E-state index is 13.2. The van der Waals surface area contributed by atoms with E-state index in [1.807, 2.05) is 53.8 Å². The number of hydrogen-bond acceptors (Lipinski definition) is 3. The zero-order chi connectivity index (χ0) is 21.4. The molecule has 1 saturated heterocycles. The van der Waals surface area contributed by atoms with Gasteiger partial charge in [0.05, 0.1) is 11.4 Å². The van der Waals surface area contributed by atoms with E-state index in [1.54, 1.807) is 11.6 Å². The van der Waals surface area contributed by atoms with Crippen molar-refractivity contribution in [3.05, 3.63) is 57.5 Å². The summed E-state index contributed by atoms with van der Waals surface area (Å²) in [6.07, 6.45) is 2.98. The van der Waals surface area contributed by atoms with Crippen molar-refractivity contribution in [3.8, 4) is 5.69 Å². The predicted octanol–water partition coefficient (Wildman–Crippen LogP) is 3.53. The smallest absolute Gasteiger partial charge is 0.255 e. The van der Waals surface area contributed by atoms with E-state index in [1.165, 1.54) is 0 Å². The SMILES string of the molecule is Cc1nn(-c2ccccc2)c2c1c(C)c(CCC(=O)N1CCC(C)CC1)c(=O)n2C. The van der Waals surface area contributed by atoms with Crippen LogP contribution in [-0.2, 0) is 18.3 Å². The first-order valence-corrected chi connectivity index (χ1v) is 10.8. The minimum atomic E-state index is -0.0443. The Kier molecular flexibility index (Phi) is 5.50. The fraction of sp³-hybridized carbons (Fsp3) is 0.458. The van der Waals surface area contributed by atoms with Gasteiger partial charge in [0.2, 0.25) is 5.91 Å². The van der Waals surface area contributed by atoms with Crippen molar-refractivity contribution in [1.29, 1.82) is 0 Å². The Hall–Kier alpha value is -2.89. The molecule has 3 aromatic rings. The summed E-state index contributed by atoms with van der Waals surface area (Å²) in [5, 5.41) is 5.72. The molecule has 6 heteroatoms. The Balaban J connectivity index is 1.68. The highest BCUT2D eigenvalue weighted by Gasteiger charge is 2.23. The lowest BCUT2D eigenvalue weighted by Crippen LogP contribution is -2.38. The molecule has 0 bridgehead atoms. The van der Waals surface area contributed by atoms with Gasteiger partial charge in [-0.3, -0.25) is 14.2 Å². The van der Waals surface area contributed by atoms with Gasteiger partial charge in [-0.25, -0.2) is 4.68 Å². The molecule has 30 heavy (non-hydrogen) atoms. The van der Waals surface area contributed by atoms with Crippen molar-refractivity contribution in [1.82, 2.24) is 19.2 Å². The molecular weight excluding hydrogens is 376 g/mol. The largest absolute Gasteiger partial charge is 0.343 e. The third-order valence-corrected chi connectivity index (χ3v) is 6.47. The van der Waals surface area contributed by atoms with E-state index in [4.69, 9.17) is 5.10 Å². The van der Waals surface area contributed by atoms with Crippen LogP contribution in [0.2, 0.25) is 0 Å². The van der Waals surface area contributed by atoms with Gasteiger partial charge in [0.15, 0.2) is 0 Å². The quantitative estimate of drug-likeness (QED) is 0.666. The molecular formula is C24H30N4O2. The minimum absolute atomic E-state index is 0.0443. The number of carbonyl (C=O) groups excluding carboxylic acids is 1. The average Bonchev–Trinajstić information content (AvgIpc) is 3.10. The van der Waals surface area contributed by atoms with Crippen LogP contribution in [0.5, 0.6) is 0 Å². The van der Waals surface area contributed by atoms with E-state index in [9.17, 15) is 9.59 Å². The monoisotopic (exact) mass is 406 g/mol. The molecule has 4 rings (SSSR count). The number of hydrogen-bond donors (Lipinski definition) is 0. The van der Waals surface area contributed by atoms with Crippen molar-refractivity contribution in [2.75, 3.05) is 13.1 Å². The molecule has 1 aromatic carbocycles. The standard InChI is InChI=1S/C24H30N4O2/c1-16-12-14-27(15-13-16)21(29)11-10-20-17(2)22-18(3)25-28(19-8-6-5-7-9-19)23(22)26(4)24(20)30/h5-9,16H,10-15H2,1-4H3. The third kappa shape index (κ3) is 3.55. The van der Waals surface area contributed by atoms with E-state index in [0.717, 1.165) is 59.5 Å². The molecule has 3 heterocycles. The normalized spacial score (nSPS) is 15.1. The molecule has 0 radical (unpaired) electrons. The lowest BCUT2D eigenvalue weighted by Gasteiger charge is -2.30. The summed E-state index contributed by atoms with van der Waals surface area (Å²) in [5.41, 5.74) is 4.22. The Morgan fingerprint density at radius 1 is 1.13 bits per heavy atom. The molecule has 0 N–H and O–H groups in total. The first kappa shape index (κ1) is 20.4. The number of carbonyl (C=O) groups is 1. The summed E-state index contributed by atoms with van der Waals surface area (Å²) < 4.78 is 3.51. The summed E-state index contributed by atoms with van der Waals surface area (Å²) in [5.74, 6) is 0.843. The number of fused-ring (bicyclic) bond motifs is 1. The second-order valence-electron chi connectivity index (χ2n) is 8.56. The maximum Gasteiger partial charge on any atom is 0.255 e. The van der Waals surface area contributed by atoms with E-state index in [0.29, 0.717) is 18.8 Å². The van der Waals surface area contributed by atoms with Gasteiger partial charge in [-0.1, -0.05) is 25.1 Å². The van der Waals surface area contributed by atoms with Crippen LogP contribution in [0, 0.1) is 19.8 Å². The van der Waals surface area contributed by atoms with Crippen LogP contribution in [0.3, 0.4) is 0 Å². The Labute approximate surface area is 177 Å². The molecule has 1 fully saturated rings. The zero-order valence-electron chi connectivity index (χ0n) is 18.3. The highest BCUT2D eigenvalue weighted by Crippen LogP contribution is 2.26. The van der Waals surface area contributed by atoms with Crippen molar-refractivity contribution >= 4 is 16.9 Å². The molecule has 0 saturated carbocycles. The maximum atomic E-state index is 13.2. The number of pyridine rings is 1. The molecule has 0 aliphatic carbocycles. The Bertz CT molecular complexity index is 1140. The molecule has 0 spiro atoms. The van der Waals surface area contributed by atoms with Crippen molar-refractivity contribution in [3.63, 3.8) is 0 Å². The highest BCUT2D eigenvalue weighted by atomic mass is 16.2. The number of benzene rings is 1. The molecule has 1 amide bonds. The molecule has 2 aromatic heterocycles. The van der Waals surface area contributed by atoms with Gasteiger partial charge in [-0.15, -0.1) is 0 Å². The second-order valence-corrected chi connectivity index (χ2v) is 8.56. The topological polar surface area (TPSA) is 60.1 Å². The van der Waals surface area contributed by atoms with E-state index in [2.05, 4.69) is 6.92 Å². The van der Waals surface area contributed by atoms with Gasteiger partial charge >= 0.3 is 0 Å². The summed E-state index contributed by atoms with van der Waals surface area (Å²) >= 11 is 0. The van der Waals surface area contributed by atoms with Crippen LogP contribution in [0.25, 0.3) is 16.7 Å². The Morgan fingerprint density at radius 2 is 1.80 bits per heavy atom. The molecule has 0 unspecified atom stereocenters. The fourth-order valence-electron chi connectivity index (χ4n) is 4.57. The van der Waals surface area contributed by atoms with Crippen molar-refractivity contribution < 1.29 is 4.79 Å². The summed E-state index contributed by atoms with van der Waals surface area (Å²) in [4.78, 5) is 27.9. The molecule has 0 atom stereocenters. The van der Waals surface area contributed by atoms with E-state index < -0.39 is 0 Å². The number of amides is 1. The average molecular weight is 407 g/mol. The molecule has 6 nitrogen and oxygen atoms in total. The van der Waals surface area contributed by atoms with Gasteiger partial charge in [0.25, 0.3) is 5.56 Å². The number of rotatable bonds is 4. The van der Waals surface area contributed by atoms with Gasteiger partial charge in [-0.2, -0.15) is 5.10 Å². The lowest BCUT2D eigenvalue weighted by atomic mass is 9.98. The van der Waals surface area contributed by atoms with Crippen molar-refractivity contribution in [2.24, 2.45) is 13.0 Å². The predicted molar refractivity (Wildman–Crippen MR) is 119 cm³/mol. The number of aromatic nitrogens is 3. The lowest BCUT2D eigenvalue weighted by molar-refractivity contribution is -0.132. The molecule has 1 aliphatic heterocycles. The Morgan fingerprint density at radius 3 is 2.47 bits per heavy atom. The van der Waals surface area contributed by atoms with E-state index in [-0.39, 0.29) is 11.5 Å². The molecule has 158 valence electrons. The van der Waals surface area contributed by atoms with Gasteiger partial charge in [0.1, 0.15) is 5.65 Å². The van der Waals surface area contributed by atoms with Gasteiger partial charge in [0, 0.05) is 37.5 Å². The summed E-state index contributed by atoms with van der Waals surface area (Å²) in [6.45, 7) is 7.86. The number of para-hydroxylation sites is 1. The van der Waals surface area contributed by atoms with Crippen LogP contribution >= 0.6 is 0 Å². The van der Waals surface area contributed by atoms with Crippen LogP contribution in [-0.4, -0.2) is 38.2 Å².